The summed E-state index contributed by atoms with van der Waals surface area (Å²) in [5, 5.41) is 12.4. The van der Waals surface area contributed by atoms with E-state index in [1.165, 1.54) is 36.6 Å². The van der Waals surface area contributed by atoms with Crippen LogP contribution in [-0.2, 0) is 10.0 Å². The van der Waals surface area contributed by atoms with Crippen molar-refractivity contribution >= 4 is 21.7 Å². The molecule has 27 heavy (non-hydrogen) atoms. The molecule has 0 saturated carbocycles. The first-order valence-electron chi connectivity index (χ1n) is 9.65. The third-order valence-corrected chi connectivity index (χ3v) is 6.37. The summed E-state index contributed by atoms with van der Waals surface area (Å²) in [5.74, 6) is -1.15. The Morgan fingerprint density at radius 1 is 1.30 bits per heavy atom. The summed E-state index contributed by atoms with van der Waals surface area (Å²) in [5.41, 5.74) is 1.79. The molecule has 0 saturated heterocycles. The third-order valence-electron chi connectivity index (χ3n) is 4.74. The molecule has 0 aromatic heterocycles. The number of hydrogen-bond donors (Lipinski definition) is 3. The first-order chi connectivity index (χ1) is 12.8. The highest BCUT2D eigenvalue weighted by molar-refractivity contribution is 7.89. The lowest BCUT2D eigenvalue weighted by atomic mass is 9.97. The summed E-state index contributed by atoms with van der Waals surface area (Å²) in [4.78, 5) is 11.3. The minimum Gasteiger partial charge on any atom is -0.478 e. The second kappa shape index (κ2) is 9.90. The van der Waals surface area contributed by atoms with Crippen molar-refractivity contribution in [1.82, 2.24) is 4.72 Å². The van der Waals surface area contributed by atoms with Crippen molar-refractivity contribution in [3.63, 3.8) is 0 Å². The van der Waals surface area contributed by atoms with E-state index in [2.05, 4.69) is 16.1 Å². The van der Waals surface area contributed by atoms with Gasteiger partial charge in [-0.1, -0.05) is 25.0 Å². The lowest BCUT2D eigenvalue weighted by Gasteiger charge is -2.18. The van der Waals surface area contributed by atoms with Crippen LogP contribution in [0.3, 0.4) is 0 Å². The van der Waals surface area contributed by atoms with E-state index < -0.39 is 16.0 Å². The van der Waals surface area contributed by atoms with E-state index in [4.69, 9.17) is 0 Å². The van der Waals surface area contributed by atoms with Crippen LogP contribution in [0.25, 0.3) is 0 Å². The molecule has 1 aromatic rings. The number of carboxylic acids is 1. The first kappa shape index (κ1) is 21.4. The molecule has 7 heteroatoms. The van der Waals surface area contributed by atoms with Gasteiger partial charge in [-0.2, -0.15) is 0 Å². The van der Waals surface area contributed by atoms with Crippen LogP contribution in [0.5, 0.6) is 0 Å². The number of anilines is 1. The number of nitrogens with one attached hydrogen (secondary N) is 2. The van der Waals surface area contributed by atoms with Gasteiger partial charge < -0.3 is 10.4 Å². The van der Waals surface area contributed by atoms with Crippen molar-refractivity contribution in [2.45, 2.75) is 69.7 Å². The maximum absolute atomic E-state index is 12.8. The van der Waals surface area contributed by atoms with Gasteiger partial charge in [-0.25, -0.2) is 17.9 Å². The zero-order valence-electron chi connectivity index (χ0n) is 16.1. The molecule has 6 nitrogen and oxygen atoms in total. The molecule has 0 bridgehead atoms. The number of rotatable bonds is 10. The number of carbonyl (C=O) groups is 1. The Bertz CT molecular complexity index is 787. The van der Waals surface area contributed by atoms with Gasteiger partial charge in [0.1, 0.15) is 4.90 Å². The maximum atomic E-state index is 12.8. The molecule has 0 radical (unpaired) electrons. The minimum absolute atomic E-state index is 0.0111. The Labute approximate surface area is 162 Å². The second-order valence-electron chi connectivity index (χ2n) is 7.11. The van der Waals surface area contributed by atoms with Gasteiger partial charge in [0.25, 0.3) is 0 Å². The summed E-state index contributed by atoms with van der Waals surface area (Å²) < 4.78 is 28.3. The van der Waals surface area contributed by atoms with Gasteiger partial charge >= 0.3 is 5.97 Å². The summed E-state index contributed by atoms with van der Waals surface area (Å²) in [6, 6.07) is 3.98. The van der Waals surface area contributed by atoms with Crippen LogP contribution in [0.1, 0.15) is 69.2 Å². The van der Waals surface area contributed by atoms with Gasteiger partial charge in [0.2, 0.25) is 10.0 Å². The molecule has 150 valence electrons. The van der Waals surface area contributed by atoms with Crippen molar-refractivity contribution in [3.8, 4) is 0 Å². The largest absolute Gasteiger partial charge is 0.478 e. The number of benzene rings is 1. The van der Waals surface area contributed by atoms with Gasteiger partial charge in [-0.3, -0.25) is 0 Å². The van der Waals surface area contributed by atoms with Crippen molar-refractivity contribution in [1.29, 1.82) is 0 Å². The summed E-state index contributed by atoms with van der Waals surface area (Å²) >= 11 is 0. The molecule has 0 aliphatic heterocycles. The molecule has 0 heterocycles. The Hall–Kier alpha value is -1.86. The monoisotopic (exact) mass is 394 g/mol. The number of aromatic carboxylic acids is 1. The average molecular weight is 395 g/mol. The Morgan fingerprint density at radius 3 is 2.70 bits per heavy atom. The van der Waals surface area contributed by atoms with Crippen LogP contribution in [0, 0.1) is 0 Å². The molecule has 1 atom stereocenters. The van der Waals surface area contributed by atoms with Gasteiger partial charge in [-0.05, 0) is 63.6 Å². The van der Waals surface area contributed by atoms with Crippen molar-refractivity contribution in [3.05, 3.63) is 35.4 Å². The van der Waals surface area contributed by atoms with Crippen LogP contribution in [-0.4, -0.2) is 32.1 Å². The first-order valence-corrected chi connectivity index (χ1v) is 11.1. The Kier molecular flexibility index (Phi) is 7.86. The number of carboxylic acid groups (broad SMARTS) is 1. The van der Waals surface area contributed by atoms with Crippen LogP contribution < -0.4 is 10.0 Å². The molecule has 1 aliphatic carbocycles. The van der Waals surface area contributed by atoms with Crippen molar-refractivity contribution in [2.24, 2.45) is 0 Å². The van der Waals surface area contributed by atoms with Crippen molar-refractivity contribution < 1.29 is 18.3 Å². The summed E-state index contributed by atoms with van der Waals surface area (Å²) in [6.07, 6.45) is 9.36. The predicted molar refractivity (Wildman–Crippen MR) is 108 cm³/mol. The molecule has 1 aliphatic rings. The molecule has 0 amide bonds. The molecule has 1 aromatic carbocycles. The van der Waals surface area contributed by atoms with Crippen LogP contribution in [0.2, 0.25) is 0 Å². The van der Waals surface area contributed by atoms with Gasteiger partial charge in [0.05, 0.1) is 11.3 Å². The van der Waals surface area contributed by atoms with Gasteiger partial charge in [0.15, 0.2) is 0 Å². The molecule has 3 N–H and O–H groups in total. The fourth-order valence-corrected chi connectivity index (χ4v) is 4.82. The van der Waals surface area contributed by atoms with E-state index in [1.54, 1.807) is 0 Å². The summed E-state index contributed by atoms with van der Waals surface area (Å²) in [7, 11) is -3.81. The van der Waals surface area contributed by atoms with Gasteiger partial charge in [-0.15, -0.1) is 0 Å². The molecular weight excluding hydrogens is 364 g/mol. The highest BCUT2D eigenvalue weighted by atomic mass is 32.2. The Morgan fingerprint density at radius 2 is 2.07 bits per heavy atom. The number of sulfonamides is 1. The Balaban J connectivity index is 2.20. The SMILES string of the molecule is CCCC(C)NS(=O)(=O)c1cc(C(=O)O)ccc1NCCC1=CCCCC1. The quantitative estimate of drug-likeness (QED) is 0.518. The third kappa shape index (κ3) is 6.36. The molecule has 2 rings (SSSR count). The lowest BCUT2D eigenvalue weighted by Crippen LogP contribution is -2.33. The zero-order valence-corrected chi connectivity index (χ0v) is 16.9. The van der Waals surface area contributed by atoms with Gasteiger partial charge in [0, 0.05) is 12.6 Å². The van der Waals surface area contributed by atoms with E-state index in [0.717, 1.165) is 32.1 Å². The van der Waals surface area contributed by atoms with E-state index in [1.807, 2.05) is 13.8 Å². The topological polar surface area (TPSA) is 95.5 Å². The van der Waals surface area contributed by atoms with E-state index >= 15 is 0 Å². The fraction of sp³-hybridized carbons (Fsp3) is 0.550. The number of allylic oxidation sites excluding steroid dienone is 1. The van der Waals surface area contributed by atoms with E-state index in [9.17, 15) is 18.3 Å². The zero-order chi connectivity index (χ0) is 19.9. The lowest BCUT2D eigenvalue weighted by molar-refractivity contribution is 0.0696. The normalized spacial score (nSPS) is 15.9. The van der Waals surface area contributed by atoms with Crippen LogP contribution in [0.4, 0.5) is 5.69 Å². The molecule has 1 unspecified atom stereocenters. The molecule has 0 spiro atoms. The second-order valence-corrected chi connectivity index (χ2v) is 8.79. The number of hydrogen-bond acceptors (Lipinski definition) is 4. The highest BCUT2D eigenvalue weighted by Gasteiger charge is 2.22. The smallest absolute Gasteiger partial charge is 0.335 e. The fourth-order valence-electron chi connectivity index (χ4n) is 3.33. The van der Waals surface area contributed by atoms with Crippen molar-refractivity contribution in [2.75, 3.05) is 11.9 Å². The standard InChI is InChI=1S/C20H30N2O4S/c1-3-7-15(2)22-27(25,26)19-14-17(20(23)24)10-11-18(19)21-13-12-16-8-5-4-6-9-16/h8,10-11,14-15,21-22H,3-7,9,12-13H2,1-2H3,(H,23,24). The van der Waals surface area contributed by atoms with Crippen LogP contribution in [0.15, 0.2) is 34.7 Å². The average Bonchev–Trinajstić information content (AvgIpc) is 2.62. The molecular formula is C20H30N2O4S. The molecule has 0 fully saturated rings. The van der Waals surface area contributed by atoms with E-state index in [-0.39, 0.29) is 16.5 Å². The predicted octanol–water partition coefficient (Wildman–Crippen LogP) is 4.15. The minimum atomic E-state index is -3.81. The maximum Gasteiger partial charge on any atom is 0.335 e. The summed E-state index contributed by atoms with van der Waals surface area (Å²) in [6.45, 7) is 4.42. The van der Waals surface area contributed by atoms with E-state index in [0.29, 0.717) is 12.2 Å². The highest BCUT2D eigenvalue weighted by Crippen LogP contribution is 2.25. The van der Waals surface area contributed by atoms with Crippen LogP contribution >= 0.6 is 0 Å².